The average Bonchev–Trinajstić information content (AvgIpc) is 3.35. The Morgan fingerprint density at radius 2 is 0.656 bits per heavy atom. The topological polar surface area (TPSA) is 51.6 Å². The second kappa shape index (κ2) is 16.2. The molecule has 8 aromatic carbocycles. The fraction of sp³-hybridized carbons (Fsp3) is 0.0877. The number of benzene rings is 8. The van der Waals surface area contributed by atoms with Crippen LogP contribution in [0.2, 0.25) is 0 Å². The molecule has 0 aliphatic heterocycles. The van der Waals surface area contributed by atoms with E-state index in [9.17, 15) is 0 Å². The summed E-state index contributed by atoms with van der Waals surface area (Å²) in [5, 5.41) is 4.62. The van der Waals surface area contributed by atoms with Crippen molar-refractivity contribution < 1.29 is 0 Å². The molecule has 0 spiro atoms. The monoisotopic (exact) mass is 784 g/mol. The molecule has 0 amide bonds. The highest BCUT2D eigenvalue weighted by Crippen LogP contribution is 2.41. The van der Waals surface area contributed by atoms with Crippen LogP contribution in [-0.2, 0) is 5.41 Å². The van der Waals surface area contributed by atoms with Crippen LogP contribution in [0.25, 0.3) is 89.4 Å². The molecular formula is C57H44N4. The highest BCUT2D eigenvalue weighted by atomic mass is 14.9. The molecule has 0 radical (unpaired) electrons. The van der Waals surface area contributed by atoms with E-state index in [1.807, 2.05) is 12.1 Å². The number of fused-ring (bicyclic) bond motifs is 2. The van der Waals surface area contributed by atoms with Crippen LogP contribution in [0.4, 0.5) is 0 Å². The molecule has 0 saturated heterocycles. The third-order valence-corrected chi connectivity index (χ3v) is 12.3. The van der Waals surface area contributed by atoms with E-state index >= 15 is 0 Å². The van der Waals surface area contributed by atoms with Crippen molar-refractivity contribution in [3.8, 4) is 67.8 Å². The largest absolute Gasteiger partial charge is 0.228 e. The highest BCUT2D eigenvalue weighted by molar-refractivity contribution is 5.96. The van der Waals surface area contributed by atoms with Gasteiger partial charge in [0.25, 0.3) is 0 Å². The summed E-state index contributed by atoms with van der Waals surface area (Å²) in [6.07, 6.45) is 1.91. The SMILES string of the molecule is CCC(CC)(c1ccc(-c2cc(-c3ccccc3)nc(-c3cccc4ccccc34)n2)cc1)c1ccc(-c2cc(-c3ccccc3)nc(-c3cccc4ccccc34)n2)cc1. The number of hydrogen-bond donors (Lipinski definition) is 0. The van der Waals surface area contributed by atoms with Crippen molar-refractivity contribution in [1.29, 1.82) is 0 Å². The van der Waals surface area contributed by atoms with Crippen LogP contribution in [0.3, 0.4) is 0 Å². The molecule has 0 saturated carbocycles. The molecule has 0 atom stereocenters. The van der Waals surface area contributed by atoms with Crippen molar-refractivity contribution in [3.63, 3.8) is 0 Å². The van der Waals surface area contributed by atoms with E-state index in [0.29, 0.717) is 0 Å². The maximum atomic E-state index is 5.22. The first-order valence-corrected chi connectivity index (χ1v) is 21.2. The Kier molecular flexibility index (Phi) is 10.0. The van der Waals surface area contributed by atoms with Gasteiger partial charge in [-0.05, 0) is 57.6 Å². The number of hydrogen-bond acceptors (Lipinski definition) is 4. The van der Waals surface area contributed by atoms with Gasteiger partial charge >= 0.3 is 0 Å². The molecular weight excluding hydrogens is 741 g/mol. The van der Waals surface area contributed by atoms with Gasteiger partial charge in [-0.15, -0.1) is 0 Å². The first-order chi connectivity index (χ1) is 30.1. The number of aromatic nitrogens is 4. The zero-order valence-electron chi connectivity index (χ0n) is 34.3. The Balaban J connectivity index is 1.02. The van der Waals surface area contributed by atoms with E-state index in [-0.39, 0.29) is 5.41 Å². The van der Waals surface area contributed by atoms with Gasteiger partial charge in [0, 0.05) is 38.8 Å². The molecule has 0 bridgehead atoms. The maximum absolute atomic E-state index is 5.22. The molecule has 0 fully saturated rings. The Hall–Kier alpha value is -7.56. The molecule has 0 aliphatic carbocycles. The summed E-state index contributed by atoms with van der Waals surface area (Å²) in [4.78, 5) is 20.7. The van der Waals surface area contributed by atoms with Crippen molar-refractivity contribution in [3.05, 3.63) is 217 Å². The van der Waals surface area contributed by atoms with Gasteiger partial charge in [-0.25, -0.2) is 19.9 Å². The van der Waals surface area contributed by atoms with Crippen LogP contribution in [0.5, 0.6) is 0 Å². The van der Waals surface area contributed by atoms with Gasteiger partial charge in [-0.2, -0.15) is 0 Å². The molecule has 4 heteroatoms. The Morgan fingerprint density at radius 3 is 1.03 bits per heavy atom. The molecule has 2 heterocycles. The normalized spacial score (nSPS) is 11.6. The lowest BCUT2D eigenvalue weighted by Gasteiger charge is -2.33. The lowest BCUT2D eigenvalue weighted by Crippen LogP contribution is -2.26. The number of rotatable bonds is 10. The lowest BCUT2D eigenvalue weighted by molar-refractivity contribution is 0.478. The Morgan fingerprint density at radius 1 is 0.328 bits per heavy atom. The summed E-state index contributed by atoms with van der Waals surface area (Å²) in [5.41, 5.74) is 12.3. The van der Waals surface area contributed by atoms with E-state index in [4.69, 9.17) is 19.9 Å². The van der Waals surface area contributed by atoms with E-state index in [0.717, 1.165) is 91.4 Å². The van der Waals surface area contributed by atoms with Gasteiger partial charge in [0.1, 0.15) is 0 Å². The van der Waals surface area contributed by atoms with Crippen LogP contribution in [0, 0.1) is 0 Å². The zero-order chi connectivity index (χ0) is 41.2. The first-order valence-electron chi connectivity index (χ1n) is 21.2. The quantitative estimate of drug-likeness (QED) is 0.139. The van der Waals surface area contributed by atoms with E-state index < -0.39 is 0 Å². The van der Waals surface area contributed by atoms with Gasteiger partial charge in [0.05, 0.1) is 22.8 Å². The van der Waals surface area contributed by atoms with Gasteiger partial charge in [0.2, 0.25) is 0 Å². The average molecular weight is 785 g/mol. The van der Waals surface area contributed by atoms with Crippen LogP contribution < -0.4 is 0 Å². The smallest absolute Gasteiger partial charge is 0.161 e. The van der Waals surface area contributed by atoms with Crippen molar-refractivity contribution in [2.75, 3.05) is 0 Å². The minimum atomic E-state index is -0.180. The summed E-state index contributed by atoms with van der Waals surface area (Å²) in [6, 6.07) is 72.7. The van der Waals surface area contributed by atoms with Crippen molar-refractivity contribution in [2.24, 2.45) is 0 Å². The zero-order valence-corrected chi connectivity index (χ0v) is 34.3. The van der Waals surface area contributed by atoms with Crippen molar-refractivity contribution in [2.45, 2.75) is 32.1 Å². The summed E-state index contributed by atoms with van der Waals surface area (Å²) < 4.78 is 0. The second-order valence-electron chi connectivity index (χ2n) is 15.7. The molecule has 0 unspecified atom stereocenters. The molecule has 2 aromatic heterocycles. The summed E-state index contributed by atoms with van der Waals surface area (Å²) in [7, 11) is 0. The maximum Gasteiger partial charge on any atom is 0.161 e. The van der Waals surface area contributed by atoms with Crippen LogP contribution >= 0.6 is 0 Å². The molecule has 0 N–H and O–H groups in total. The van der Waals surface area contributed by atoms with E-state index in [1.54, 1.807) is 0 Å². The molecule has 10 aromatic rings. The molecule has 4 nitrogen and oxygen atoms in total. The minimum absolute atomic E-state index is 0.180. The predicted molar refractivity (Wildman–Crippen MR) is 253 cm³/mol. The fourth-order valence-electron chi connectivity index (χ4n) is 8.94. The van der Waals surface area contributed by atoms with Crippen LogP contribution in [0.15, 0.2) is 206 Å². The predicted octanol–water partition coefficient (Wildman–Crippen LogP) is 14.7. The molecule has 0 aliphatic rings. The molecule has 61 heavy (non-hydrogen) atoms. The third-order valence-electron chi connectivity index (χ3n) is 12.3. The Labute approximate surface area is 357 Å². The van der Waals surface area contributed by atoms with Crippen LogP contribution in [0.1, 0.15) is 37.8 Å². The standard InChI is InChI=1S/C57H44N4/c1-3-57(4-2,45-33-29-43(30-34-45)53-37-51(41-19-7-5-8-20-41)58-55(60-53)49-27-15-23-39-17-11-13-25-47(39)49)46-35-31-44(32-36-46)54-38-52(42-21-9-6-10-22-42)59-56(61-54)50-28-16-24-40-18-12-14-26-48(40)50/h5-38H,3-4H2,1-2H3. The van der Waals surface area contributed by atoms with Gasteiger partial charge in [-0.1, -0.05) is 208 Å². The second-order valence-corrected chi connectivity index (χ2v) is 15.7. The van der Waals surface area contributed by atoms with Crippen molar-refractivity contribution >= 4 is 21.5 Å². The van der Waals surface area contributed by atoms with E-state index in [1.165, 1.54) is 21.9 Å². The number of nitrogens with zero attached hydrogens (tertiary/aromatic N) is 4. The first kappa shape index (κ1) is 37.7. The lowest BCUT2D eigenvalue weighted by atomic mass is 9.70. The van der Waals surface area contributed by atoms with Gasteiger partial charge in [0.15, 0.2) is 11.6 Å². The fourth-order valence-corrected chi connectivity index (χ4v) is 8.94. The van der Waals surface area contributed by atoms with Gasteiger partial charge < -0.3 is 0 Å². The minimum Gasteiger partial charge on any atom is -0.228 e. The molecule has 10 rings (SSSR count). The Bertz CT molecular complexity index is 2910. The van der Waals surface area contributed by atoms with Gasteiger partial charge in [-0.3, -0.25) is 0 Å². The molecule has 292 valence electrons. The van der Waals surface area contributed by atoms with E-state index in [2.05, 4.69) is 208 Å². The summed E-state index contributed by atoms with van der Waals surface area (Å²) >= 11 is 0. The van der Waals surface area contributed by atoms with Crippen molar-refractivity contribution in [1.82, 2.24) is 19.9 Å². The highest BCUT2D eigenvalue weighted by Gasteiger charge is 2.31. The van der Waals surface area contributed by atoms with Crippen LogP contribution in [-0.4, -0.2) is 19.9 Å². The third kappa shape index (κ3) is 7.17. The summed E-state index contributed by atoms with van der Waals surface area (Å²) in [6.45, 7) is 4.59. The summed E-state index contributed by atoms with van der Waals surface area (Å²) in [5.74, 6) is 1.44.